The van der Waals surface area contributed by atoms with Crippen LogP contribution in [-0.4, -0.2) is 47.8 Å². The zero-order valence-corrected chi connectivity index (χ0v) is 36.0. The maximum atomic E-state index is 12.7. The Kier molecular flexibility index (Phi) is 40.0. The van der Waals surface area contributed by atoms with Gasteiger partial charge in [-0.1, -0.05) is 170 Å². The molecule has 5 N–H and O–H groups in total. The van der Waals surface area contributed by atoms with Gasteiger partial charge in [0, 0.05) is 13.0 Å². The molecular formula is C46H83N2O6P. The van der Waals surface area contributed by atoms with E-state index in [9.17, 15) is 19.4 Å². The third-order valence-corrected chi connectivity index (χ3v) is 10.2. The number of phosphoric ester groups is 1. The maximum absolute atomic E-state index is 12.7. The Morgan fingerprint density at radius 1 is 0.618 bits per heavy atom. The molecule has 0 spiro atoms. The molecule has 0 aliphatic rings. The van der Waals surface area contributed by atoms with Crippen LogP contribution in [0.25, 0.3) is 0 Å². The molecule has 0 saturated heterocycles. The number of allylic oxidation sites excluding steroid dienone is 11. The van der Waals surface area contributed by atoms with Crippen molar-refractivity contribution >= 4 is 13.7 Å². The lowest BCUT2D eigenvalue weighted by Gasteiger charge is -2.23. The zero-order valence-electron chi connectivity index (χ0n) is 35.1. The van der Waals surface area contributed by atoms with E-state index in [1.165, 1.54) is 77.0 Å². The van der Waals surface area contributed by atoms with E-state index in [1.54, 1.807) is 6.08 Å². The molecule has 0 aromatic rings. The second kappa shape index (κ2) is 41.6. The number of carbonyl (C=O) groups excluding carboxylic acids is 1. The number of phosphoric acid groups is 1. The van der Waals surface area contributed by atoms with Crippen LogP contribution < -0.4 is 11.1 Å². The number of aliphatic hydroxyl groups is 1. The first kappa shape index (κ1) is 52.9. The second-order valence-corrected chi connectivity index (χ2v) is 16.0. The van der Waals surface area contributed by atoms with E-state index in [0.717, 1.165) is 83.5 Å². The predicted molar refractivity (Wildman–Crippen MR) is 235 cm³/mol. The van der Waals surface area contributed by atoms with Gasteiger partial charge in [-0.2, -0.15) is 0 Å². The van der Waals surface area contributed by atoms with Crippen molar-refractivity contribution in [1.29, 1.82) is 0 Å². The number of hydrogen-bond donors (Lipinski definition) is 4. The zero-order chi connectivity index (χ0) is 40.3. The number of nitrogens with one attached hydrogen (secondary N) is 1. The SMILES string of the molecule is CC/C=C\C/C=C\C/C=C\CCCCCCCC(=O)NC(COP(=O)(O)OCCN)C(O)/C=C/CC/C=C/CC/C=C/CCCCCCCCCCCCC. The normalized spacial score (nSPS) is 14.8. The Balaban J connectivity index is 4.32. The first-order valence-electron chi connectivity index (χ1n) is 22.1. The number of carbonyl (C=O) groups is 1. The van der Waals surface area contributed by atoms with Crippen LogP contribution in [0.15, 0.2) is 72.9 Å². The minimum Gasteiger partial charge on any atom is -0.387 e. The lowest BCUT2D eigenvalue weighted by atomic mass is 10.1. The standard InChI is InChI=1S/C46H83N2O6P/c1-3-5-7-9-11-13-15-17-19-20-21-22-23-24-26-27-29-31-33-35-37-39-45(49)44(43-54-55(51,52)53-42-41-47)48-46(50)40-38-36-34-32-30-28-25-18-16-14-12-10-8-6-4-2/h6,8,12,14,18,23-25,29,31,37,39,44-45,49H,3-5,7,9-11,13,15-17,19-22,26-28,30,32-36,38,40-43,47H2,1-2H3,(H,48,50)(H,51,52)/b8-6-,14-12-,24-23+,25-18-,31-29+,39-37+. The fourth-order valence-electron chi connectivity index (χ4n) is 5.94. The van der Waals surface area contributed by atoms with Gasteiger partial charge in [0.05, 0.1) is 25.4 Å². The number of aliphatic hydroxyl groups excluding tert-OH is 1. The molecule has 3 unspecified atom stereocenters. The van der Waals surface area contributed by atoms with E-state index in [1.807, 2.05) is 6.08 Å². The summed E-state index contributed by atoms with van der Waals surface area (Å²) >= 11 is 0. The summed E-state index contributed by atoms with van der Waals surface area (Å²) in [6.07, 6.45) is 53.9. The monoisotopic (exact) mass is 791 g/mol. The summed E-state index contributed by atoms with van der Waals surface area (Å²) in [4.78, 5) is 22.7. The Morgan fingerprint density at radius 3 is 1.62 bits per heavy atom. The third kappa shape index (κ3) is 40.0. The first-order chi connectivity index (χ1) is 26.9. The van der Waals surface area contributed by atoms with Crippen LogP contribution in [0.3, 0.4) is 0 Å². The van der Waals surface area contributed by atoms with Gasteiger partial charge in [-0.25, -0.2) is 4.57 Å². The number of nitrogens with two attached hydrogens (primary N) is 1. The average molecular weight is 791 g/mol. The summed E-state index contributed by atoms with van der Waals surface area (Å²) in [7, 11) is -4.36. The minimum absolute atomic E-state index is 0.0653. The van der Waals surface area contributed by atoms with Crippen molar-refractivity contribution in [2.75, 3.05) is 19.8 Å². The lowest BCUT2D eigenvalue weighted by molar-refractivity contribution is -0.123. The summed E-state index contributed by atoms with van der Waals surface area (Å²) in [5.41, 5.74) is 5.37. The molecule has 1 amide bonds. The lowest BCUT2D eigenvalue weighted by Crippen LogP contribution is -2.45. The van der Waals surface area contributed by atoms with Crippen LogP contribution in [0.4, 0.5) is 0 Å². The van der Waals surface area contributed by atoms with E-state index in [-0.39, 0.29) is 25.7 Å². The predicted octanol–water partition coefficient (Wildman–Crippen LogP) is 12.4. The van der Waals surface area contributed by atoms with Crippen LogP contribution in [0.2, 0.25) is 0 Å². The highest BCUT2D eigenvalue weighted by Gasteiger charge is 2.26. The molecule has 0 rings (SSSR count). The number of hydrogen-bond acceptors (Lipinski definition) is 6. The number of rotatable bonds is 40. The summed E-state index contributed by atoms with van der Waals surface area (Å²) in [6.45, 7) is 3.97. The quantitative estimate of drug-likeness (QED) is 0.0276. The van der Waals surface area contributed by atoms with E-state index in [0.29, 0.717) is 6.42 Å². The van der Waals surface area contributed by atoms with E-state index in [2.05, 4.69) is 79.9 Å². The summed E-state index contributed by atoms with van der Waals surface area (Å²) < 4.78 is 22.1. The van der Waals surface area contributed by atoms with Crippen LogP contribution >= 0.6 is 7.82 Å². The van der Waals surface area contributed by atoms with Crippen molar-refractivity contribution in [1.82, 2.24) is 5.32 Å². The van der Waals surface area contributed by atoms with Gasteiger partial charge < -0.3 is 21.1 Å². The summed E-state index contributed by atoms with van der Waals surface area (Å²) in [5, 5.41) is 13.6. The van der Waals surface area contributed by atoms with Crippen molar-refractivity contribution in [3.05, 3.63) is 72.9 Å². The number of amides is 1. The van der Waals surface area contributed by atoms with Gasteiger partial charge in [-0.05, 0) is 77.0 Å². The Hall–Kier alpha value is -2.06. The molecule has 55 heavy (non-hydrogen) atoms. The molecule has 9 heteroatoms. The molecule has 0 bridgehead atoms. The van der Waals surface area contributed by atoms with Crippen LogP contribution in [0.5, 0.6) is 0 Å². The van der Waals surface area contributed by atoms with Crippen LogP contribution in [0, 0.1) is 0 Å². The topological polar surface area (TPSA) is 131 Å². The molecule has 0 heterocycles. The van der Waals surface area contributed by atoms with E-state index in [4.69, 9.17) is 14.8 Å². The van der Waals surface area contributed by atoms with Gasteiger partial charge in [0.15, 0.2) is 0 Å². The molecule has 0 aliphatic heterocycles. The minimum atomic E-state index is -4.36. The van der Waals surface area contributed by atoms with Crippen molar-refractivity contribution in [2.45, 2.75) is 193 Å². The van der Waals surface area contributed by atoms with Crippen molar-refractivity contribution in [2.24, 2.45) is 5.73 Å². The average Bonchev–Trinajstić information content (AvgIpc) is 3.17. The molecule has 0 radical (unpaired) electrons. The highest BCUT2D eigenvalue weighted by molar-refractivity contribution is 7.47. The van der Waals surface area contributed by atoms with E-state index >= 15 is 0 Å². The largest absolute Gasteiger partial charge is 0.472 e. The third-order valence-electron chi connectivity index (χ3n) is 9.24. The summed E-state index contributed by atoms with van der Waals surface area (Å²) in [5.74, 6) is -0.228. The number of unbranched alkanes of at least 4 members (excludes halogenated alkanes) is 18. The van der Waals surface area contributed by atoms with Crippen molar-refractivity contribution in [3.63, 3.8) is 0 Å². The fraction of sp³-hybridized carbons (Fsp3) is 0.717. The van der Waals surface area contributed by atoms with Crippen molar-refractivity contribution < 1.29 is 28.4 Å². The fourth-order valence-corrected chi connectivity index (χ4v) is 6.70. The first-order valence-corrected chi connectivity index (χ1v) is 23.6. The molecule has 318 valence electrons. The molecule has 3 atom stereocenters. The van der Waals surface area contributed by atoms with Gasteiger partial charge in [-0.15, -0.1) is 0 Å². The highest BCUT2D eigenvalue weighted by atomic mass is 31.2. The van der Waals surface area contributed by atoms with Crippen molar-refractivity contribution in [3.8, 4) is 0 Å². The smallest absolute Gasteiger partial charge is 0.387 e. The molecule has 0 aliphatic carbocycles. The summed E-state index contributed by atoms with van der Waals surface area (Å²) in [6, 6.07) is -0.896. The Labute approximate surface area is 337 Å². The van der Waals surface area contributed by atoms with Crippen LogP contribution in [-0.2, 0) is 18.4 Å². The molecule has 0 aromatic heterocycles. The van der Waals surface area contributed by atoms with Gasteiger partial charge in [-0.3, -0.25) is 13.8 Å². The highest BCUT2D eigenvalue weighted by Crippen LogP contribution is 2.43. The molecule has 0 saturated carbocycles. The molecule has 0 fully saturated rings. The molecular weight excluding hydrogens is 707 g/mol. The second-order valence-electron chi connectivity index (χ2n) is 14.5. The Bertz CT molecular complexity index is 1090. The van der Waals surface area contributed by atoms with Gasteiger partial charge in [0.25, 0.3) is 0 Å². The van der Waals surface area contributed by atoms with Gasteiger partial charge in [0.2, 0.25) is 5.91 Å². The molecule has 8 nitrogen and oxygen atoms in total. The Morgan fingerprint density at radius 2 is 1.07 bits per heavy atom. The molecule has 0 aromatic carbocycles. The van der Waals surface area contributed by atoms with Gasteiger partial charge in [0.1, 0.15) is 0 Å². The van der Waals surface area contributed by atoms with Crippen LogP contribution in [0.1, 0.15) is 181 Å². The van der Waals surface area contributed by atoms with E-state index < -0.39 is 20.0 Å². The maximum Gasteiger partial charge on any atom is 0.472 e. The van der Waals surface area contributed by atoms with Gasteiger partial charge >= 0.3 is 7.82 Å².